The van der Waals surface area contributed by atoms with E-state index in [2.05, 4.69) is 13.0 Å². The Morgan fingerprint density at radius 1 is 0.955 bits per heavy atom. The largest absolute Gasteiger partial charge is 0.494 e. The van der Waals surface area contributed by atoms with Crippen molar-refractivity contribution < 1.29 is 9.53 Å². The zero-order valence-electron chi connectivity index (χ0n) is 14.0. The predicted octanol–water partition coefficient (Wildman–Crippen LogP) is 5.73. The number of hydrogen-bond donors (Lipinski definition) is 0. The number of fused-ring (bicyclic) bond motifs is 1. The first-order valence-corrected chi connectivity index (χ1v) is 9.10. The lowest BCUT2D eigenvalue weighted by Crippen LogP contribution is -2.10. The molecule has 0 bridgehead atoms. The highest BCUT2D eigenvalue weighted by atomic mass is 16.5. The highest BCUT2D eigenvalue weighted by Crippen LogP contribution is 2.25. The van der Waals surface area contributed by atoms with Crippen LogP contribution in [0.2, 0.25) is 0 Å². The highest BCUT2D eigenvalue weighted by Gasteiger charge is 2.17. The second-order valence-corrected chi connectivity index (χ2v) is 6.42. The summed E-state index contributed by atoms with van der Waals surface area (Å²) < 4.78 is 5.84. The number of aryl methyl sites for hydroxylation is 1. The quantitative estimate of drug-likeness (QED) is 0.516. The zero-order chi connectivity index (χ0) is 15.6. The van der Waals surface area contributed by atoms with Crippen LogP contribution in [0.1, 0.15) is 87.1 Å². The van der Waals surface area contributed by atoms with Crippen molar-refractivity contribution in [1.29, 1.82) is 0 Å². The molecule has 0 fully saturated rings. The van der Waals surface area contributed by atoms with E-state index >= 15 is 0 Å². The van der Waals surface area contributed by atoms with Crippen LogP contribution in [-0.4, -0.2) is 12.4 Å². The molecule has 0 heterocycles. The number of ketones is 1. The lowest BCUT2D eigenvalue weighted by Gasteiger charge is -2.16. The van der Waals surface area contributed by atoms with E-state index in [1.165, 1.54) is 50.5 Å². The first-order valence-electron chi connectivity index (χ1n) is 9.10. The Hall–Kier alpha value is -1.31. The summed E-state index contributed by atoms with van der Waals surface area (Å²) in [5, 5.41) is 0. The molecule has 0 unspecified atom stereocenters. The minimum atomic E-state index is 0.288. The summed E-state index contributed by atoms with van der Waals surface area (Å²) in [5.41, 5.74) is 2.08. The Labute approximate surface area is 135 Å². The van der Waals surface area contributed by atoms with Crippen LogP contribution in [0, 0.1) is 0 Å². The Kier molecular flexibility index (Phi) is 7.48. The van der Waals surface area contributed by atoms with Gasteiger partial charge in [0.05, 0.1) is 6.61 Å². The summed E-state index contributed by atoms with van der Waals surface area (Å²) in [4.78, 5) is 11.8. The first kappa shape index (κ1) is 17.1. The summed E-state index contributed by atoms with van der Waals surface area (Å²) in [6.07, 6.45) is 13.2. The summed E-state index contributed by atoms with van der Waals surface area (Å²) in [6, 6.07) is 5.96. The second kappa shape index (κ2) is 9.66. The van der Waals surface area contributed by atoms with Crippen LogP contribution >= 0.6 is 0 Å². The third-order valence-electron chi connectivity index (χ3n) is 4.49. The monoisotopic (exact) mass is 302 g/mol. The van der Waals surface area contributed by atoms with E-state index in [1.807, 2.05) is 12.1 Å². The van der Waals surface area contributed by atoms with Crippen LogP contribution in [0.25, 0.3) is 0 Å². The molecule has 0 aliphatic heterocycles. The molecular formula is C20H30O2. The minimum Gasteiger partial charge on any atom is -0.494 e. The maximum Gasteiger partial charge on any atom is 0.163 e. The molecule has 0 aromatic heterocycles. The number of carbonyl (C=O) groups excluding carboxylic acids is 1. The molecule has 2 heteroatoms. The summed E-state index contributed by atoms with van der Waals surface area (Å²) >= 11 is 0. The van der Waals surface area contributed by atoms with E-state index < -0.39 is 0 Å². The van der Waals surface area contributed by atoms with Crippen LogP contribution in [0.15, 0.2) is 18.2 Å². The van der Waals surface area contributed by atoms with E-state index in [4.69, 9.17) is 4.74 Å². The van der Waals surface area contributed by atoms with Crippen LogP contribution in [0.5, 0.6) is 5.75 Å². The molecule has 0 spiro atoms. The van der Waals surface area contributed by atoms with E-state index in [0.717, 1.165) is 37.2 Å². The van der Waals surface area contributed by atoms with Crippen molar-refractivity contribution in [3.05, 3.63) is 29.3 Å². The Balaban J connectivity index is 1.60. The number of rotatable bonds is 10. The fourth-order valence-corrected chi connectivity index (χ4v) is 3.14. The van der Waals surface area contributed by atoms with Gasteiger partial charge in [-0.25, -0.2) is 0 Å². The van der Waals surface area contributed by atoms with Gasteiger partial charge in [-0.3, -0.25) is 4.79 Å². The van der Waals surface area contributed by atoms with Gasteiger partial charge in [-0.1, -0.05) is 51.9 Å². The van der Waals surface area contributed by atoms with E-state index in [0.29, 0.717) is 6.42 Å². The van der Waals surface area contributed by atoms with Crippen LogP contribution in [0.4, 0.5) is 0 Å². The fourth-order valence-electron chi connectivity index (χ4n) is 3.14. The molecule has 0 N–H and O–H groups in total. The van der Waals surface area contributed by atoms with Gasteiger partial charge < -0.3 is 4.74 Å². The van der Waals surface area contributed by atoms with Crippen LogP contribution in [0.3, 0.4) is 0 Å². The lowest BCUT2D eigenvalue weighted by atomic mass is 9.90. The molecule has 0 saturated heterocycles. The topological polar surface area (TPSA) is 26.3 Å². The molecule has 122 valence electrons. The molecule has 1 aromatic rings. The molecule has 22 heavy (non-hydrogen) atoms. The van der Waals surface area contributed by atoms with Gasteiger partial charge in [0.15, 0.2) is 5.78 Å². The van der Waals surface area contributed by atoms with E-state index in [1.54, 1.807) is 0 Å². The van der Waals surface area contributed by atoms with E-state index in [-0.39, 0.29) is 5.78 Å². The SMILES string of the molecule is CCCCCCCCCCOc1ccc2c(c1)CCCC2=O. The highest BCUT2D eigenvalue weighted by molar-refractivity contribution is 5.98. The number of ether oxygens (including phenoxy) is 1. The van der Waals surface area contributed by atoms with Crippen LogP contribution in [-0.2, 0) is 6.42 Å². The van der Waals surface area contributed by atoms with Crippen molar-refractivity contribution in [2.24, 2.45) is 0 Å². The average molecular weight is 302 g/mol. The number of carbonyl (C=O) groups is 1. The second-order valence-electron chi connectivity index (χ2n) is 6.42. The predicted molar refractivity (Wildman–Crippen MR) is 91.8 cm³/mol. The maximum atomic E-state index is 11.8. The molecular weight excluding hydrogens is 272 g/mol. The van der Waals surface area contributed by atoms with Crippen molar-refractivity contribution in [1.82, 2.24) is 0 Å². The summed E-state index contributed by atoms with van der Waals surface area (Å²) in [6.45, 7) is 3.05. The Morgan fingerprint density at radius 2 is 1.68 bits per heavy atom. The van der Waals surface area contributed by atoms with Gasteiger partial charge in [0.1, 0.15) is 5.75 Å². The molecule has 2 rings (SSSR count). The molecule has 1 aliphatic carbocycles. The van der Waals surface area contributed by atoms with Crippen LogP contribution < -0.4 is 4.74 Å². The number of Topliss-reactive ketones (excluding diaryl/α,β-unsaturated/α-hetero) is 1. The zero-order valence-corrected chi connectivity index (χ0v) is 14.0. The average Bonchev–Trinajstić information content (AvgIpc) is 2.53. The maximum absolute atomic E-state index is 11.8. The normalized spacial score (nSPS) is 14.0. The van der Waals surface area contributed by atoms with Crippen molar-refractivity contribution >= 4 is 5.78 Å². The van der Waals surface area contributed by atoms with Gasteiger partial charge >= 0.3 is 0 Å². The Bertz CT molecular complexity index is 465. The van der Waals surface area contributed by atoms with Gasteiger partial charge in [-0.05, 0) is 43.0 Å². The van der Waals surface area contributed by atoms with Gasteiger partial charge in [0, 0.05) is 12.0 Å². The summed E-state index contributed by atoms with van der Waals surface area (Å²) in [7, 11) is 0. The van der Waals surface area contributed by atoms with Crippen molar-refractivity contribution in [3.63, 3.8) is 0 Å². The lowest BCUT2D eigenvalue weighted by molar-refractivity contribution is 0.0972. The smallest absolute Gasteiger partial charge is 0.163 e. The third-order valence-corrected chi connectivity index (χ3v) is 4.49. The summed E-state index contributed by atoms with van der Waals surface area (Å²) in [5.74, 6) is 1.22. The van der Waals surface area contributed by atoms with Gasteiger partial charge in [-0.2, -0.15) is 0 Å². The standard InChI is InChI=1S/C20H30O2/c1-2-3-4-5-6-7-8-9-15-22-18-13-14-19-17(16-18)11-10-12-20(19)21/h13-14,16H,2-12,15H2,1H3. The van der Waals surface area contributed by atoms with Gasteiger partial charge in [-0.15, -0.1) is 0 Å². The van der Waals surface area contributed by atoms with Crippen molar-refractivity contribution in [2.75, 3.05) is 6.61 Å². The van der Waals surface area contributed by atoms with E-state index in [9.17, 15) is 4.79 Å². The first-order chi connectivity index (χ1) is 10.8. The fraction of sp³-hybridized carbons (Fsp3) is 0.650. The molecule has 2 nitrogen and oxygen atoms in total. The molecule has 0 amide bonds. The van der Waals surface area contributed by atoms with Crippen molar-refractivity contribution in [2.45, 2.75) is 77.6 Å². The molecule has 0 saturated carbocycles. The molecule has 1 aromatic carbocycles. The molecule has 0 radical (unpaired) electrons. The third kappa shape index (κ3) is 5.47. The molecule has 0 atom stereocenters. The van der Waals surface area contributed by atoms with Gasteiger partial charge in [0.2, 0.25) is 0 Å². The van der Waals surface area contributed by atoms with Crippen molar-refractivity contribution in [3.8, 4) is 5.75 Å². The Morgan fingerprint density at radius 3 is 2.45 bits per heavy atom. The minimum absolute atomic E-state index is 0.288. The number of benzene rings is 1. The van der Waals surface area contributed by atoms with Gasteiger partial charge in [0.25, 0.3) is 0 Å². The molecule has 1 aliphatic rings. The number of hydrogen-bond acceptors (Lipinski definition) is 2. The number of unbranched alkanes of at least 4 members (excludes halogenated alkanes) is 7.